The van der Waals surface area contributed by atoms with E-state index in [9.17, 15) is 4.79 Å². The Morgan fingerprint density at radius 3 is 3.10 bits per heavy atom. The molecule has 1 unspecified atom stereocenters. The van der Waals surface area contributed by atoms with Crippen molar-refractivity contribution in [2.45, 2.75) is 38.1 Å². The molecule has 0 aliphatic carbocycles. The van der Waals surface area contributed by atoms with E-state index in [1.165, 1.54) is 0 Å². The van der Waals surface area contributed by atoms with Crippen LogP contribution in [-0.2, 0) is 11.2 Å². The number of nitrogens with zero attached hydrogens (tertiary/aromatic N) is 1. The normalized spacial score (nSPS) is 21.1. The Morgan fingerprint density at radius 1 is 1.45 bits per heavy atom. The van der Waals surface area contributed by atoms with E-state index in [0.29, 0.717) is 12.5 Å². The fourth-order valence-electron chi connectivity index (χ4n) is 3.31. The highest BCUT2D eigenvalue weighted by molar-refractivity contribution is 6.01. The van der Waals surface area contributed by atoms with Crippen LogP contribution in [0.5, 0.6) is 0 Å². The third kappa shape index (κ3) is 2.33. The summed E-state index contributed by atoms with van der Waals surface area (Å²) in [6.07, 6.45) is 4.53. The number of aliphatic hydroxyl groups is 1. The van der Waals surface area contributed by atoms with Gasteiger partial charge < -0.3 is 21.1 Å². The molecule has 4 N–H and O–H groups in total. The van der Waals surface area contributed by atoms with E-state index in [4.69, 9.17) is 10.8 Å². The lowest BCUT2D eigenvalue weighted by atomic mass is 10.1. The molecule has 0 saturated carbocycles. The summed E-state index contributed by atoms with van der Waals surface area (Å²) in [5.74, 6) is 0.0369. The molecule has 5 heteroatoms. The summed E-state index contributed by atoms with van der Waals surface area (Å²) < 4.78 is 0. The molecular formula is C15H21N3O2. The van der Waals surface area contributed by atoms with Crippen molar-refractivity contribution in [1.29, 1.82) is 0 Å². The van der Waals surface area contributed by atoms with Crippen molar-refractivity contribution in [2.24, 2.45) is 0 Å². The summed E-state index contributed by atoms with van der Waals surface area (Å²) in [7, 11) is 0. The summed E-state index contributed by atoms with van der Waals surface area (Å²) >= 11 is 0. The minimum absolute atomic E-state index is 0.0369. The van der Waals surface area contributed by atoms with Gasteiger partial charge in [-0.3, -0.25) is 4.79 Å². The third-order valence-corrected chi connectivity index (χ3v) is 4.26. The number of rotatable bonds is 4. The summed E-state index contributed by atoms with van der Waals surface area (Å²) in [5.41, 5.74) is 9.83. The van der Waals surface area contributed by atoms with E-state index >= 15 is 0 Å². The van der Waals surface area contributed by atoms with Crippen molar-refractivity contribution in [2.75, 3.05) is 29.1 Å². The summed E-state index contributed by atoms with van der Waals surface area (Å²) in [6.45, 7) is 1.23. The van der Waals surface area contributed by atoms with Crippen molar-refractivity contribution >= 4 is 23.0 Å². The second-order valence-corrected chi connectivity index (χ2v) is 5.65. The molecule has 0 spiro atoms. The topological polar surface area (TPSA) is 78.6 Å². The number of carbonyl (C=O) groups excluding carboxylic acids is 1. The van der Waals surface area contributed by atoms with Gasteiger partial charge in [-0.1, -0.05) is 0 Å². The van der Waals surface area contributed by atoms with Crippen LogP contribution < -0.4 is 16.0 Å². The van der Waals surface area contributed by atoms with Crippen LogP contribution in [0.2, 0.25) is 0 Å². The van der Waals surface area contributed by atoms with Crippen LogP contribution in [0.1, 0.15) is 31.2 Å². The first-order valence-corrected chi connectivity index (χ1v) is 7.29. The van der Waals surface area contributed by atoms with Crippen molar-refractivity contribution < 1.29 is 9.90 Å². The average Bonchev–Trinajstić information content (AvgIpc) is 3.00. The highest BCUT2D eigenvalue weighted by atomic mass is 16.2. The number of hydrogen-bond donors (Lipinski definition) is 3. The van der Waals surface area contributed by atoms with Gasteiger partial charge in [0.05, 0.1) is 17.8 Å². The van der Waals surface area contributed by atoms with Crippen LogP contribution in [0.15, 0.2) is 12.1 Å². The van der Waals surface area contributed by atoms with Crippen molar-refractivity contribution in [3.8, 4) is 0 Å². The molecule has 3 rings (SSSR count). The van der Waals surface area contributed by atoms with Gasteiger partial charge in [-0.25, -0.2) is 0 Å². The van der Waals surface area contributed by atoms with Gasteiger partial charge >= 0.3 is 0 Å². The highest BCUT2D eigenvalue weighted by Gasteiger charge is 2.28. The number of carbonyl (C=O) groups is 1. The molecule has 0 radical (unpaired) electrons. The lowest BCUT2D eigenvalue weighted by Crippen LogP contribution is -2.30. The molecule has 1 amide bonds. The van der Waals surface area contributed by atoms with Crippen LogP contribution in [-0.4, -0.2) is 30.2 Å². The fourth-order valence-corrected chi connectivity index (χ4v) is 3.31. The fraction of sp³-hybridized carbons (Fsp3) is 0.533. The Labute approximate surface area is 118 Å². The first-order chi connectivity index (χ1) is 9.69. The van der Waals surface area contributed by atoms with Crippen LogP contribution in [0.3, 0.4) is 0 Å². The molecule has 0 bridgehead atoms. The van der Waals surface area contributed by atoms with E-state index in [0.717, 1.165) is 54.9 Å². The largest absolute Gasteiger partial charge is 0.397 e. The third-order valence-electron chi connectivity index (χ3n) is 4.26. The Hall–Kier alpha value is -1.75. The Balaban J connectivity index is 1.86. The van der Waals surface area contributed by atoms with Gasteiger partial charge in [-0.15, -0.1) is 0 Å². The number of aliphatic hydroxyl groups excluding tert-OH is 1. The lowest BCUT2D eigenvalue weighted by Gasteiger charge is -2.28. The quantitative estimate of drug-likeness (QED) is 0.728. The molecule has 1 aromatic rings. The van der Waals surface area contributed by atoms with Gasteiger partial charge in [0.2, 0.25) is 5.91 Å². The van der Waals surface area contributed by atoms with Crippen molar-refractivity contribution in [1.82, 2.24) is 0 Å². The molecule has 20 heavy (non-hydrogen) atoms. The Bertz CT molecular complexity index is 530. The van der Waals surface area contributed by atoms with Gasteiger partial charge in [0.1, 0.15) is 0 Å². The van der Waals surface area contributed by atoms with Crippen LogP contribution in [0.4, 0.5) is 17.1 Å². The molecule has 5 nitrogen and oxygen atoms in total. The van der Waals surface area contributed by atoms with Crippen LogP contribution in [0, 0.1) is 0 Å². The monoisotopic (exact) mass is 275 g/mol. The van der Waals surface area contributed by atoms with Crippen LogP contribution in [0.25, 0.3) is 0 Å². The first-order valence-electron chi connectivity index (χ1n) is 7.29. The number of amides is 1. The minimum Gasteiger partial charge on any atom is -0.397 e. The van der Waals surface area contributed by atoms with E-state index in [1.807, 2.05) is 12.1 Å². The maximum Gasteiger partial charge on any atom is 0.228 e. The number of nitrogen functional groups attached to an aromatic ring is 1. The molecule has 2 aliphatic heterocycles. The zero-order chi connectivity index (χ0) is 14.1. The highest BCUT2D eigenvalue weighted by Crippen LogP contribution is 2.37. The molecular weight excluding hydrogens is 254 g/mol. The van der Waals surface area contributed by atoms with Crippen molar-refractivity contribution in [3.05, 3.63) is 17.7 Å². The first kappa shape index (κ1) is 13.2. The lowest BCUT2D eigenvalue weighted by molar-refractivity contribution is -0.115. The number of fused-ring (bicyclic) bond motifs is 1. The molecule has 1 aromatic carbocycles. The van der Waals surface area contributed by atoms with Gasteiger partial charge in [0.25, 0.3) is 0 Å². The zero-order valence-electron chi connectivity index (χ0n) is 11.6. The smallest absolute Gasteiger partial charge is 0.228 e. The van der Waals surface area contributed by atoms with E-state index < -0.39 is 0 Å². The van der Waals surface area contributed by atoms with Crippen molar-refractivity contribution in [3.63, 3.8) is 0 Å². The molecule has 2 heterocycles. The number of nitrogens with two attached hydrogens (primary N) is 1. The van der Waals surface area contributed by atoms with Gasteiger partial charge in [-0.05, 0) is 43.4 Å². The van der Waals surface area contributed by atoms with Gasteiger partial charge in [0, 0.05) is 24.9 Å². The van der Waals surface area contributed by atoms with Crippen LogP contribution >= 0.6 is 0 Å². The molecule has 1 saturated heterocycles. The molecule has 108 valence electrons. The minimum atomic E-state index is 0.0369. The van der Waals surface area contributed by atoms with Gasteiger partial charge in [0.15, 0.2) is 0 Å². The molecule has 0 aromatic heterocycles. The second-order valence-electron chi connectivity index (χ2n) is 5.65. The maximum absolute atomic E-state index is 11.5. The number of anilines is 3. The number of nitrogens with one attached hydrogen (secondary N) is 1. The van der Waals surface area contributed by atoms with E-state index in [1.54, 1.807) is 0 Å². The summed E-state index contributed by atoms with van der Waals surface area (Å²) in [5, 5.41) is 11.9. The predicted octanol–water partition coefficient (Wildman–Crippen LogP) is 1.50. The van der Waals surface area contributed by atoms with E-state index in [-0.39, 0.29) is 12.5 Å². The zero-order valence-corrected chi connectivity index (χ0v) is 11.6. The molecule has 1 atom stereocenters. The Kier molecular flexibility index (Phi) is 3.53. The summed E-state index contributed by atoms with van der Waals surface area (Å²) in [4.78, 5) is 13.8. The summed E-state index contributed by atoms with van der Waals surface area (Å²) in [6, 6.07) is 4.37. The second kappa shape index (κ2) is 5.32. The average molecular weight is 275 g/mol. The Morgan fingerprint density at radius 2 is 2.30 bits per heavy atom. The molecule has 1 fully saturated rings. The molecule has 2 aliphatic rings. The maximum atomic E-state index is 11.5. The SMILES string of the molecule is Nc1cc2c(cc1N1CCCC1CCCO)NC(=O)C2. The van der Waals surface area contributed by atoms with Gasteiger partial charge in [-0.2, -0.15) is 0 Å². The standard InChI is InChI=1S/C15H21N3O2/c16-12-7-10-8-15(20)17-13(10)9-14(12)18-5-1-3-11(18)4-2-6-19/h7,9,11,19H,1-6,8,16H2,(H,17,20). The predicted molar refractivity (Wildman–Crippen MR) is 79.9 cm³/mol. The number of hydrogen-bond acceptors (Lipinski definition) is 4. The van der Waals surface area contributed by atoms with E-state index in [2.05, 4.69) is 10.2 Å². The number of benzene rings is 1.